The maximum atomic E-state index is 13.1. The number of amides is 1. The van der Waals surface area contributed by atoms with Gasteiger partial charge in [-0.25, -0.2) is 15.0 Å². The zero-order valence-corrected chi connectivity index (χ0v) is 16.9. The van der Waals surface area contributed by atoms with E-state index in [4.69, 9.17) is 0 Å². The molecule has 0 aliphatic carbocycles. The van der Waals surface area contributed by atoms with Gasteiger partial charge in [0.25, 0.3) is 0 Å². The van der Waals surface area contributed by atoms with Crippen LogP contribution in [0.15, 0.2) is 31.0 Å². The summed E-state index contributed by atoms with van der Waals surface area (Å²) in [6, 6.07) is 1.50. The Kier molecular flexibility index (Phi) is 7.96. The van der Waals surface area contributed by atoms with Crippen molar-refractivity contribution in [1.82, 2.24) is 29.7 Å². The number of nitrogens with one attached hydrogen (secondary N) is 1. The second kappa shape index (κ2) is 10.9. The van der Waals surface area contributed by atoms with Crippen molar-refractivity contribution in [3.05, 3.63) is 36.7 Å². The molecule has 28 heavy (non-hydrogen) atoms. The number of aromatic nitrogens is 4. The van der Waals surface area contributed by atoms with Gasteiger partial charge in [0.15, 0.2) is 0 Å². The molecule has 2 aromatic heterocycles. The van der Waals surface area contributed by atoms with Crippen LogP contribution in [0.1, 0.15) is 70.0 Å². The van der Waals surface area contributed by atoms with Crippen molar-refractivity contribution in [1.29, 1.82) is 0 Å². The first-order valence-electron chi connectivity index (χ1n) is 10.6. The Morgan fingerprint density at radius 3 is 2.71 bits per heavy atom. The highest BCUT2D eigenvalue weighted by molar-refractivity contribution is 5.82. The number of imidazole rings is 1. The van der Waals surface area contributed by atoms with Gasteiger partial charge in [-0.05, 0) is 38.4 Å². The lowest BCUT2D eigenvalue weighted by molar-refractivity contribution is -0.127. The maximum Gasteiger partial charge on any atom is 0.243 e. The fourth-order valence-electron chi connectivity index (χ4n) is 3.72. The third-order valence-corrected chi connectivity index (χ3v) is 5.26. The molecule has 1 N–H and O–H groups in total. The Labute approximate surface area is 167 Å². The largest absolute Gasteiger partial charge is 0.354 e. The van der Waals surface area contributed by atoms with Crippen LogP contribution in [0.4, 0.5) is 0 Å². The van der Waals surface area contributed by atoms with E-state index >= 15 is 0 Å². The molecule has 2 aromatic rings. The van der Waals surface area contributed by atoms with E-state index in [-0.39, 0.29) is 11.9 Å². The van der Waals surface area contributed by atoms with E-state index in [0.29, 0.717) is 5.95 Å². The van der Waals surface area contributed by atoms with E-state index in [1.165, 1.54) is 32.1 Å². The van der Waals surface area contributed by atoms with Crippen molar-refractivity contribution in [3.8, 4) is 5.95 Å². The van der Waals surface area contributed by atoms with Gasteiger partial charge >= 0.3 is 0 Å². The fourth-order valence-corrected chi connectivity index (χ4v) is 3.72. The first-order chi connectivity index (χ1) is 13.8. The molecule has 7 heteroatoms. The lowest BCUT2D eigenvalue weighted by atomic mass is 10.0. The first kappa shape index (κ1) is 20.5. The van der Waals surface area contributed by atoms with Crippen molar-refractivity contribution >= 4 is 5.91 Å². The average molecular weight is 385 g/mol. The molecule has 1 aliphatic rings. The molecule has 1 saturated heterocycles. The third-order valence-electron chi connectivity index (χ3n) is 5.26. The molecular formula is C21H32N6O. The van der Waals surface area contributed by atoms with Crippen LogP contribution < -0.4 is 5.32 Å². The van der Waals surface area contributed by atoms with Crippen LogP contribution in [0.3, 0.4) is 0 Å². The summed E-state index contributed by atoms with van der Waals surface area (Å²) in [7, 11) is 0. The number of hydrogen-bond acceptors (Lipinski definition) is 5. The van der Waals surface area contributed by atoms with Gasteiger partial charge in [0.1, 0.15) is 12.4 Å². The number of carbonyl (C=O) groups is 1. The van der Waals surface area contributed by atoms with Crippen molar-refractivity contribution in [2.24, 2.45) is 0 Å². The zero-order valence-electron chi connectivity index (χ0n) is 16.9. The smallest absolute Gasteiger partial charge is 0.243 e. The molecule has 1 aliphatic heterocycles. The number of unbranched alkanes of at least 4 members (excludes halogenated alkanes) is 4. The second-order valence-electron chi connectivity index (χ2n) is 7.46. The summed E-state index contributed by atoms with van der Waals surface area (Å²) in [6.07, 6.45) is 16.3. The fraction of sp³-hybridized carbons (Fsp3) is 0.619. The van der Waals surface area contributed by atoms with Gasteiger partial charge < -0.3 is 5.32 Å². The highest BCUT2D eigenvalue weighted by atomic mass is 16.2. The summed E-state index contributed by atoms with van der Waals surface area (Å²) in [4.78, 5) is 28.4. The van der Waals surface area contributed by atoms with Gasteiger partial charge in [-0.2, -0.15) is 0 Å². The molecule has 7 nitrogen and oxygen atoms in total. The summed E-state index contributed by atoms with van der Waals surface area (Å²) in [5, 5.41) is 3.15. The molecule has 1 amide bonds. The second-order valence-corrected chi connectivity index (χ2v) is 7.46. The van der Waals surface area contributed by atoms with Gasteiger partial charge in [-0.3, -0.25) is 14.3 Å². The SMILES string of the molecule is CCCCCCCNC(=O)C(c1ccnc(-n2ccnc2)n1)N1CCCCC1. The van der Waals surface area contributed by atoms with Crippen molar-refractivity contribution in [2.75, 3.05) is 19.6 Å². The zero-order chi connectivity index (χ0) is 19.6. The Morgan fingerprint density at radius 2 is 1.96 bits per heavy atom. The molecule has 152 valence electrons. The monoisotopic (exact) mass is 384 g/mol. The normalized spacial score (nSPS) is 16.0. The van der Waals surface area contributed by atoms with Crippen LogP contribution in [0.25, 0.3) is 5.95 Å². The minimum Gasteiger partial charge on any atom is -0.354 e. The molecule has 3 heterocycles. The van der Waals surface area contributed by atoms with E-state index in [1.54, 1.807) is 23.3 Å². The predicted octanol–water partition coefficient (Wildman–Crippen LogP) is 3.28. The predicted molar refractivity (Wildman–Crippen MR) is 109 cm³/mol. The lowest BCUT2D eigenvalue weighted by Crippen LogP contribution is -2.43. The number of hydrogen-bond donors (Lipinski definition) is 1. The van der Waals surface area contributed by atoms with Crippen LogP contribution in [0, 0.1) is 0 Å². The third kappa shape index (κ3) is 5.61. The summed E-state index contributed by atoms with van der Waals surface area (Å²) in [5.41, 5.74) is 0.754. The van der Waals surface area contributed by atoms with Gasteiger partial charge in [-0.15, -0.1) is 0 Å². The van der Waals surface area contributed by atoms with Gasteiger partial charge in [0.2, 0.25) is 11.9 Å². The van der Waals surface area contributed by atoms with E-state index in [1.807, 2.05) is 12.3 Å². The molecule has 0 radical (unpaired) electrons. The summed E-state index contributed by atoms with van der Waals surface area (Å²) in [6.45, 7) is 4.80. The Morgan fingerprint density at radius 1 is 1.14 bits per heavy atom. The molecule has 1 fully saturated rings. The van der Waals surface area contributed by atoms with Crippen molar-refractivity contribution < 1.29 is 4.79 Å². The molecule has 3 rings (SSSR count). The number of rotatable bonds is 10. The van der Waals surface area contributed by atoms with Crippen molar-refractivity contribution in [3.63, 3.8) is 0 Å². The maximum absolute atomic E-state index is 13.1. The lowest BCUT2D eigenvalue weighted by Gasteiger charge is -2.33. The number of likely N-dealkylation sites (tertiary alicyclic amines) is 1. The molecule has 1 unspecified atom stereocenters. The highest BCUT2D eigenvalue weighted by Crippen LogP contribution is 2.24. The number of carbonyl (C=O) groups excluding carboxylic acids is 1. The van der Waals surface area contributed by atoms with Gasteiger partial charge in [0.05, 0.1) is 5.69 Å². The Balaban J connectivity index is 1.70. The van der Waals surface area contributed by atoms with Crippen LogP contribution in [-0.4, -0.2) is 50.0 Å². The first-order valence-corrected chi connectivity index (χ1v) is 10.6. The van der Waals surface area contributed by atoms with Crippen LogP contribution in [-0.2, 0) is 4.79 Å². The van der Waals surface area contributed by atoms with E-state index in [2.05, 4.69) is 32.1 Å². The van der Waals surface area contributed by atoms with E-state index < -0.39 is 0 Å². The van der Waals surface area contributed by atoms with Crippen LogP contribution >= 0.6 is 0 Å². The minimum absolute atomic E-state index is 0.0488. The molecular weight excluding hydrogens is 352 g/mol. The quantitative estimate of drug-likeness (QED) is 0.636. The molecule has 0 bridgehead atoms. The van der Waals surface area contributed by atoms with Crippen LogP contribution in [0.5, 0.6) is 0 Å². The molecule has 0 saturated carbocycles. The molecule has 1 atom stereocenters. The van der Waals surface area contributed by atoms with Crippen LogP contribution in [0.2, 0.25) is 0 Å². The number of piperidine rings is 1. The Bertz CT molecular complexity index is 711. The number of nitrogens with zero attached hydrogens (tertiary/aromatic N) is 5. The molecule has 0 spiro atoms. The summed E-state index contributed by atoms with van der Waals surface area (Å²) >= 11 is 0. The van der Waals surface area contributed by atoms with Gasteiger partial charge in [0, 0.05) is 25.1 Å². The Hall–Kier alpha value is -2.28. The average Bonchev–Trinajstić information content (AvgIpc) is 3.27. The van der Waals surface area contributed by atoms with Gasteiger partial charge in [-0.1, -0.05) is 39.0 Å². The van der Waals surface area contributed by atoms with Crippen molar-refractivity contribution in [2.45, 2.75) is 64.3 Å². The summed E-state index contributed by atoms with van der Waals surface area (Å²) < 4.78 is 1.77. The topological polar surface area (TPSA) is 75.9 Å². The standard InChI is InChI=1S/C21H32N6O/c1-2-3-4-5-7-11-23-20(28)19(26-14-8-6-9-15-26)18-10-12-24-21(25-18)27-16-13-22-17-27/h10,12-13,16-17,19H,2-9,11,14-15H2,1H3,(H,23,28). The van der Waals surface area contributed by atoms with E-state index in [9.17, 15) is 4.79 Å². The highest BCUT2D eigenvalue weighted by Gasteiger charge is 2.30. The van der Waals surface area contributed by atoms with E-state index in [0.717, 1.165) is 44.6 Å². The summed E-state index contributed by atoms with van der Waals surface area (Å²) in [5.74, 6) is 0.594. The minimum atomic E-state index is -0.360. The molecule has 0 aromatic carbocycles.